The van der Waals surface area contributed by atoms with Crippen molar-refractivity contribution in [3.05, 3.63) is 79.1 Å². The largest absolute Gasteiger partial charge is 0.492 e. The zero-order chi connectivity index (χ0) is 19.9. The average Bonchev–Trinajstić information content (AvgIpc) is 2.78. The van der Waals surface area contributed by atoms with E-state index in [-0.39, 0.29) is 5.95 Å². The van der Waals surface area contributed by atoms with E-state index in [4.69, 9.17) is 15.5 Å². The molecule has 2 aromatic carbocycles. The molecule has 0 atom stereocenters. The Balaban J connectivity index is 1.55. The molecule has 29 heavy (non-hydrogen) atoms. The van der Waals surface area contributed by atoms with E-state index in [1.807, 2.05) is 60.7 Å². The maximum absolute atomic E-state index is 5.75. The highest BCUT2D eigenvalue weighted by Crippen LogP contribution is 2.29. The highest BCUT2D eigenvalue weighted by atomic mass is 16.5. The fourth-order valence-electron chi connectivity index (χ4n) is 2.84. The van der Waals surface area contributed by atoms with Crippen LogP contribution in [0.1, 0.15) is 0 Å². The Hall–Kier alpha value is -4.00. The molecule has 0 aliphatic heterocycles. The zero-order valence-corrected chi connectivity index (χ0v) is 15.7. The Morgan fingerprint density at radius 3 is 2.38 bits per heavy atom. The molecule has 0 fully saturated rings. The summed E-state index contributed by atoms with van der Waals surface area (Å²) in [5.74, 6) is 1.56. The van der Waals surface area contributed by atoms with Crippen LogP contribution in [-0.4, -0.2) is 33.1 Å². The molecule has 4 aromatic rings. The van der Waals surface area contributed by atoms with Crippen LogP contribution in [0.25, 0.3) is 22.5 Å². The van der Waals surface area contributed by atoms with E-state index in [1.165, 1.54) is 0 Å². The summed E-state index contributed by atoms with van der Waals surface area (Å²) in [4.78, 5) is 17.4. The van der Waals surface area contributed by atoms with Crippen LogP contribution < -0.4 is 15.8 Å². The van der Waals surface area contributed by atoms with Crippen molar-refractivity contribution in [1.82, 2.24) is 19.9 Å². The third-order valence-electron chi connectivity index (χ3n) is 4.18. The number of nitrogen functional groups attached to an aromatic ring is 1. The third-order valence-corrected chi connectivity index (χ3v) is 4.18. The summed E-state index contributed by atoms with van der Waals surface area (Å²) in [6.45, 7) is 1.07. The fraction of sp³-hybridized carbons (Fsp3) is 0.0909. The smallest absolute Gasteiger partial charge is 0.223 e. The number of anilines is 2. The van der Waals surface area contributed by atoms with Crippen LogP contribution in [0.3, 0.4) is 0 Å². The lowest BCUT2D eigenvalue weighted by Crippen LogP contribution is -2.13. The molecule has 0 bridgehead atoms. The molecule has 4 rings (SSSR count). The lowest BCUT2D eigenvalue weighted by atomic mass is 10.0. The van der Waals surface area contributed by atoms with Gasteiger partial charge in [0, 0.05) is 23.5 Å². The van der Waals surface area contributed by atoms with E-state index < -0.39 is 0 Å². The van der Waals surface area contributed by atoms with Gasteiger partial charge in [-0.3, -0.25) is 0 Å². The molecule has 3 N–H and O–H groups in total. The standard InChI is InChI=1S/C22H20N6O/c23-21-24-12-11-19(27-21)18-15-26-22(28-20(18)16-7-3-1-4-8-16)25-13-14-29-17-9-5-2-6-10-17/h1-12,15H,13-14H2,(H2,23,24,27)(H,25,26,28). The van der Waals surface area contributed by atoms with Gasteiger partial charge in [0.1, 0.15) is 12.4 Å². The molecule has 0 spiro atoms. The van der Waals surface area contributed by atoms with Crippen LogP contribution in [0, 0.1) is 0 Å². The van der Waals surface area contributed by atoms with Crippen molar-refractivity contribution in [1.29, 1.82) is 0 Å². The van der Waals surface area contributed by atoms with E-state index in [2.05, 4.69) is 20.3 Å². The summed E-state index contributed by atoms with van der Waals surface area (Å²) in [5, 5.41) is 3.21. The number of hydrogen-bond acceptors (Lipinski definition) is 7. The van der Waals surface area contributed by atoms with E-state index >= 15 is 0 Å². The second-order valence-electron chi connectivity index (χ2n) is 6.21. The van der Waals surface area contributed by atoms with Gasteiger partial charge >= 0.3 is 0 Å². The van der Waals surface area contributed by atoms with Gasteiger partial charge in [0.25, 0.3) is 0 Å². The van der Waals surface area contributed by atoms with Gasteiger partial charge in [-0.05, 0) is 18.2 Å². The number of ether oxygens (including phenoxy) is 1. The maximum atomic E-state index is 5.75. The first-order valence-corrected chi connectivity index (χ1v) is 9.23. The van der Waals surface area contributed by atoms with Crippen LogP contribution in [0.15, 0.2) is 79.1 Å². The van der Waals surface area contributed by atoms with Crippen LogP contribution in [0.2, 0.25) is 0 Å². The summed E-state index contributed by atoms with van der Waals surface area (Å²) in [5.41, 5.74) is 8.95. The van der Waals surface area contributed by atoms with E-state index in [1.54, 1.807) is 18.5 Å². The zero-order valence-electron chi connectivity index (χ0n) is 15.7. The molecule has 0 aliphatic carbocycles. The summed E-state index contributed by atoms with van der Waals surface area (Å²) >= 11 is 0. The van der Waals surface area contributed by atoms with Gasteiger partial charge in [-0.15, -0.1) is 0 Å². The number of hydrogen-bond donors (Lipinski definition) is 2. The first-order chi connectivity index (χ1) is 14.3. The number of para-hydroxylation sites is 1. The minimum atomic E-state index is 0.210. The van der Waals surface area contributed by atoms with Gasteiger partial charge in [-0.25, -0.2) is 19.9 Å². The minimum Gasteiger partial charge on any atom is -0.492 e. The molecule has 0 amide bonds. The minimum absolute atomic E-state index is 0.210. The maximum Gasteiger partial charge on any atom is 0.223 e. The van der Waals surface area contributed by atoms with Crippen LogP contribution in [-0.2, 0) is 0 Å². The van der Waals surface area contributed by atoms with E-state index in [0.717, 1.165) is 22.6 Å². The number of nitrogens with one attached hydrogen (secondary N) is 1. The molecule has 7 heteroatoms. The van der Waals surface area contributed by atoms with Gasteiger partial charge in [0.05, 0.1) is 17.9 Å². The first kappa shape index (κ1) is 18.4. The van der Waals surface area contributed by atoms with Gasteiger partial charge in [-0.1, -0.05) is 48.5 Å². The van der Waals surface area contributed by atoms with Gasteiger partial charge < -0.3 is 15.8 Å². The number of aromatic nitrogens is 4. The average molecular weight is 384 g/mol. The highest BCUT2D eigenvalue weighted by molar-refractivity contribution is 5.79. The van der Waals surface area contributed by atoms with Crippen molar-refractivity contribution >= 4 is 11.9 Å². The van der Waals surface area contributed by atoms with Crippen molar-refractivity contribution in [3.63, 3.8) is 0 Å². The van der Waals surface area contributed by atoms with Crippen LogP contribution in [0.4, 0.5) is 11.9 Å². The first-order valence-electron chi connectivity index (χ1n) is 9.23. The molecule has 144 valence electrons. The fourth-order valence-corrected chi connectivity index (χ4v) is 2.84. The topological polar surface area (TPSA) is 98.8 Å². The molecule has 2 aromatic heterocycles. The quantitative estimate of drug-likeness (QED) is 0.469. The molecular weight excluding hydrogens is 364 g/mol. The van der Waals surface area contributed by atoms with Crippen molar-refractivity contribution < 1.29 is 4.74 Å². The predicted molar refractivity (Wildman–Crippen MR) is 113 cm³/mol. The van der Waals surface area contributed by atoms with Gasteiger partial charge in [0.2, 0.25) is 11.9 Å². The number of nitrogens with zero attached hydrogens (tertiary/aromatic N) is 4. The lowest BCUT2D eigenvalue weighted by Gasteiger charge is -2.12. The number of rotatable bonds is 7. The summed E-state index contributed by atoms with van der Waals surface area (Å²) in [7, 11) is 0. The molecule has 0 aliphatic rings. The van der Waals surface area contributed by atoms with Crippen molar-refractivity contribution in [3.8, 4) is 28.3 Å². The summed E-state index contributed by atoms with van der Waals surface area (Å²) < 4.78 is 5.70. The molecule has 2 heterocycles. The molecule has 7 nitrogen and oxygen atoms in total. The second kappa shape index (κ2) is 8.79. The molecular formula is C22H20N6O. The van der Waals surface area contributed by atoms with Gasteiger partial charge in [-0.2, -0.15) is 0 Å². The third kappa shape index (κ3) is 4.65. The normalized spacial score (nSPS) is 10.5. The molecule has 0 radical (unpaired) electrons. The van der Waals surface area contributed by atoms with E-state index in [9.17, 15) is 0 Å². The Bertz CT molecular complexity index is 1070. The molecule has 0 unspecified atom stereocenters. The van der Waals surface area contributed by atoms with Crippen molar-refractivity contribution in [2.45, 2.75) is 0 Å². The van der Waals surface area contributed by atoms with Crippen molar-refractivity contribution in [2.75, 3.05) is 24.2 Å². The number of nitrogens with two attached hydrogens (primary N) is 1. The molecule has 0 saturated carbocycles. The Morgan fingerprint density at radius 2 is 1.62 bits per heavy atom. The second-order valence-corrected chi connectivity index (χ2v) is 6.21. The van der Waals surface area contributed by atoms with Gasteiger partial charge in [0.15, 0.2) is 0 Å². The highest BCUT2D eigenvalue weighted by Gasteiger charge is 2.13. The number of benzene rings is 2. The predicted octanol–water partition coefficient (Wildman–Crippen LogP) is 3.67. The Kier molecular flexibility index (Phi) is 5.57. The summed E-state index contributed by atoms with van der Waals surface area (Å²) in [6.07, 6.45) is 3.37. The van der Waals surface area contributed by atoms with Crippen LogP contribution in [0.5, 0.6) is 5.75 Å². The SMILES string of the molecule is Nc1nccc(-c2cnc(NCCOc3ccccc3)nc2-c2ccccc2)n1. The molecule has 0 saturated heterocycles. The van der Waals surface area contributed by atoms with Crippen molar-refractivity contribution in [2.24, 2.45) is 0 Å². The Morgan fingerprint density at radius 1 is 0.862 bits per heavy atom. The summed E-state index contributed by atoms with van der Waals surface area (Å²) in [6, 6.07) is 21.4. The van der Waals surface area contributed by atoms with E-state index in [0.29, 0.717) is 24.8 Å². The monoisotopic (exact) mass is 384 g/mol. The Labute approximate surface area is 168 Å². The lowest BCUT2D eigenvalue weighted by molar-refractivity contribution is 0.332. The van der Waals surface area contributed by atoms with Crippen LogP contribution >= 0.6 is 0 Å².